The average molecular weight is 325 g/mol. The van der Waals surface area contributed by atoms with Crippen molar-refractivity contribution < 1.29 is 9.66 Å². The molecule has 2 N–H and O–H groups in total. The minimum absolute atomic E-state index is 0.0179. The second-order valence-corrected chi connectivity index (χ2v) is 4.50. The van der Waals surface area contributed by atoms with E-state index in [1.54, 1.807) is 19.1 Å². The van der Waals surface area contributed by atoms with E-state index in [1.807, 2.05) is 0 Å². The monoisotopic (exact) mass is 324 g/mol. The van der Waals surface area contributed by atoms with Crippen molar-refractivity contribution in [2.24, 2.45) is 0 Å². The number of halogens is 1. The van der Waals surface area contributed by atoms with Gasteiger partial charge in [0.2, 0.25) is 11.8 Å². The Kier molecular flexibility index (Phi) is 3.61. The molecule has 1 aromatic heterocycles. The third-order valence-corrected chi connectivity index (χ3v) is 2.93. The maximum Gasteiger partial charge on any atom is 0.276 e. The number of nitrogen functional groups attached to an aromatic ring is 1. The molecule has 0 unspecified atom stereocenters. The molecule has 98 valence electrons. The van der Waals surface area contributed by atoms with Gasteiger partial charge in [-0.25, -0.2) is 4.98 Å². The quantitative estimate of drug-likeness (QED) is 0.687. The first kappa shape index (κ1) is 13.2. The lowest BCUT2D eigenvalue weighted by molar-refractivity contribution is -0.385. The molecule has 0 saturated heterocycles. The van der Waals surface area contributed by atoms with Crippen molar-refractivity contribution in [3.63, 3.8) is 0 Å². The summed E-state index contributed by atoms with van der Waals surface area (Å²) in [6.45, 7) is 1.60. The normalized spacial score (nSPS) is 10.2. The molecule has 1 aromatic carbocycles. The number of benzene rings is 1. The van der Waals surface area contributed by atoms with Gasteiger partial charge in [-0.1, -0.05) is 6.07 Å². The number of ether oxygens (including phenoxy) is 1. The van der Waals surface area contributed by atoms with E-state index in [4.69, 9.17) is 10.5 Å². The smallest absolute Gasteiger partial charge is 0.276 e. The fourth-order valence-corrected chi connectivity index (χ4v) is 1.72. The van der Waals surface area contributed by atoms with Gasteiger partial charge in [-0.05, 0) is 28.9 Å². The lowest BCUT2D eigenvalue weighted by Crippen LogP contribution is -1.99. The summed E-state index contributed by atoms with van der Waals surface area (Å²) in [5, 5.41) is 10.8. The van der Waals surface area contributed by atoms with E-state index in [9.17, 15) is 10.1 Å². The van der Waals surface area contributed by atoms with Crippen LogP contribution in [0.2, 0.25) is 0 Å². The fraction of sp³-hybridized carbons (Fsp3) is 0.0909. The summed E-state index contributed by atoms with van der Waals surface area (Å²) in [5.74, 6) is 0.602. The van der Waals surface area contributed by atoms with E-state index in [2.05, 4.69) is 25.9 Å². The highest BCUT2D eigenvalue weighted by Gasteiger charge is 2.16. The Morgan fingerprint density at radius 2 is 2.21 bits per heavy atom. The Hall–Kier alpha value is -2.22. The molecule has 0 bridgehead atoms. The van der Waals surface area contributed by atoms with E-state index in [1.165, 1.54) is 12.3 Å². The molecule has 0 fully saturated rings. The van der Waals surface area contributed by atoms with Crippen LogP contribution in [-0.2, 0) is 0 Å². The van der Waals surface area contributed by atoms with E-state index < -0.39 is 4.92 Å². The maximum absolute atomic E-state index is 10.8. The molecule has 0 aliphatic heterocycles. The highest BCUT2D eigenvalue weighted by Crippen LogP contribution is 2.33. The molecule has 0 aliphatic carbocycles. The third-order valence-electron chi connectivity index (χ3n) is 2.39. The summed E-state index contributed by atoms with van der Waals surface area (Å²) in [6.07, 6.45) is 1.45. The SMILES string of the molecule is Cc1c(Oc2nc(N)ncc2Br)cccc1[N+](=O)[O-]. The Bertz CT molecular complexity index is 648. The van der Waals surface area contributed by atoms with Gasteiger partial charge in [0.1, 0.15) is 5.75 Å². The number of rotatable bonds is 3. The van der Waals surface area contributed by atoms with Crippen molar-refractivity contribution in [2.75, 3.05) is 5.73 Å². The zero-order valence-corrected chi connectivity index (χ0v) is 11.4. The molecule has 0 spiro atoms. The van der Waals surface area contributed by atoms with Crippen molar-refractivity contribution in [1.29, 1.82) is 0 Å². The van der Waals surface area contributed by atoms with Crippen LogP contribution in [0.5, 0.6) is 11.6 Å². The summed E-state index contributed by atoms with van der Waals surface area (Å²) in [6, 6.07) is 4.57. The van der Waals surface area contributed by atoms with E-state index >= 15 is 0 Å². The molecule has 7 nitrogen and oxygen atoms in total. The summed E-state index contributed by atoms with van der Waals surface area (Å²) in [4.78, 5) is 18.1. The van der Waals surface area contributed by atoms with Crippen LogP contribution in [0.15, 0.2) is 28.9 Å². The first-order valence-corrected chi connectivity index (χ1v) is 5.98. The van der Waals surface area contributed by atoms with E-state index in [-0.39, 0.29) is 17.5 Å². The number of anilines is 1. The molecule has 1 heterocycles. The van der Waals surface area contributed by atoms with Gasteiger partial charge >= 0.3 is 0 Å². The fourth-order valence-electron chi connectivity index (χ4n) is 1.45. The lowest BCUT2D eigenvalue weighted by Gasteiger charge is -2.09. The molecular formula is C11H9BrN4O3. The van der Waals surface area contributed by atoms with Crippen molar-refractivity contribution in [3.05, 3.63) is 44.5 Å². The number of hydrogen-bond donors (Lipinski definition) is 1. The largest absolute Gasteiger partial charge is 0.437 e. The molecule has 0 aliphatic rings. The van der Waals surface area contributed by atoms with Gasteiger partial charge in [-0.3, -0.25) is 10.1 Å². The Morgan fingerprint density at radius 3 is 2.89 bits per heavy atom. The molecule has 0 amide bonds. The van der Waals surface area contributed by atoms with Gasteiger partial charge in [0.15, 0.2) is 0 Å². The van der Waals surface area contributed by atoms with Gasteiger partial charge in [0.05, 0.1) is 21.2 Å². The number of nitro groups is 1. The molecule has 0 saturated carbocycles. The Morgan fingerprint density at radius 1 is 1.47 bits per heavy atom. The molecule has 8 heteroatoms. The van der Waals surface area contributed by atoms with Crippen molar-refractivity contribution in [1.82, 2.24) is 9.97 Å². The number of nitrogens with zero attached hydrogens (tertiary/aromatic N) is 3. The molecular weight excluding hydrogens is 316 g/mol. The van der Waals surface area contributed by atoms with Gasteiger partial charge in [-0.2, -0.15) is 4.98 Å². The van der Waals surface area contributed by atoms with Crippen LogP contribution >= 0.6 is 15.9 Å². The standard InChI is InChI=1S/C11H9BrN4O3/c1-6-8(16(17)18)3-2-4-9(6)19-10-7(12)5-14-11(13)15-10/h2-5H,1H3,(H2,13,14,15). The molecule has 19 heavy (non-hydrogen) atoms. The minimum atomic E-state index is -0.467. The second kappa shape index (κ2) is 5.19. The molecule has 2 aromatic rings. The van der Waals surface area contributed by atoms with Crippen LogP contribution in [0.1, 0.15) is 5.56 Å². The summed E-state index contributed by atoms with van der Waals surface area (Å²) in [7, 11) is 0. The zero-order valence-electron chi connectivity index (χ0n) is 9.83. The van der Waals surface area contributed by atoms with Crippen molar-refractivity contribution in [2.45, 2.75) is 6.92 Å². The Labute approximate surface area is 116 Å². The van der Waals surface area contributed by atoms with Crippen LogP contribution in [0.25, 0.3) is 0 Å². The third kappa shape index (κ3) is 2.79. The highest BCUT2D eigenvalue weighted by molar-refractivity contribution is 9.10. The first-order chi connectivity index (χ1) is 8.99. The predicted octanol–water partition coefficient (Wildman–Crippen LogP) is 2.83. The summed E-state index contributed by atoms with van der Waals surface area (Å²) >= 11 is 3.22. The van der Waals surface area contributed by atoms with Crippen LogP contribution in [-0.4, -0.2) is 14.9 Å². The zero-order chi connectivity index (χ0) is 14.0. The van der Waals surface area contributed by atoms with Crippen molar-refractivity contribution in [3.8, 4) is 11.6 Å². The number of aromatic nitrogens is 2. The van der Waals surface area contributed by atoms with E-state index in [0.29, 0.717) is 15.8 Å². The number of nitro benzene ring substituents is 1. The lowest BCUT2D eigenvalue weighted by atomic mass is 10.2. The molecule has 2 rings (SSSR count). The number of nitrogens with two attached hydrogens (primary N) is 1. The maximum atomic E-state index is 10.8. The second-order valence-electron chi connectivity index (χ2n) is 3.64. The Balaban J connectivity index is 2.41. The van der Waals surface area contributed by atoms with Crippen molar-refractivity contribution >= 4 is 27.6 Å². The van der Waals surface area contributed by atoms with Crippen LogP contribution in [0, 0.1) is 17.0 Å². The summed E-state index contributed by atoms with van der Waals surface area (Å²) < 4.78 is 6.04. The van der Waals surface area contributed by atoms with Crippen LogP contribution in [0.3, 0.4) is 0 Å². The van der Waals surface area contributed by atoms with Gasteiger partial charge in [0, 0.05) is 6.07 Å². The molecule has 0 atom stereocenters. The van der Waals surface area contributed by atoms with Gasteiger partial charge in [-0.15, -0.1) is 0 Å². The summed E-state index contributed by atoms with van der Waals surface area (Å²) in [5.41, 5.74) is 5.86. The van der Waals surface area contributed by atoms with Gasteiger partial charge < -0.3 is 10.5 Å². The minimum Gasteiger partial charge on any atom is -0.437 e. The predicted molar refractivity (Wildman–Crippen MR) is 72.1 cm³/mol. The average Bonchev–Trinajstić information content (AvgIpc) is 2.36. The van der Waals surface area contributed by atoms with Gasteiger partial charge in [0.25, 0.3) is 5.69 Å². The molecule has 0 radical (unpaired) electrons. The number of hydrogen-bond acceptors (Lipinski definition) is 6. The van der Waals surface area contributed by atoms with Crippen LogP contribution in [0.4, 0.5) is 11.6 Å². The van der Waals surface area contributed by atoms with Crippen LogP contribution < -0.4 is 10.5 Å². The first-order valence-electron chi connectivity index (χ1n) is 5.19. The highest BCUT2D eigenvalue weighted by atomic mass is 79.9. The topological polar surface area (TPSA) is 104 Å². The van der Waals surface area contributed by atoms with E-state index in [0.717, 1.165) is 0 Å².